The van der Waals surface area contributed by atoms with Crippen LogP contribution in [-0.2, 0) is 4.74 Å². The molecule has 2 aliphatic rings. The Morgan fingerprint density at radius 1 is 1.20 bits per heavy atom. The third-order valence-corrected chi connectivity index (χ3v) is 5.83. The fourth-order valence-electron chi connectivity index (χ4n) is 3.60. The van der Waals surface area contributed by atoms with Gasteiger partial charge in [-0.1, -0.05) is 0 Å². The monoisotopic (exact) mass is 537 g/mol. The summed E-state index contributed by atoms with van der Waals surface area (Å²) < 4.78 is 5.70. The van der Waals surface area contributed by atoms with Gasteiger partial charge in [0.1, 0.15) is 5.60 Å². The number of aliphatic imine (C=N–C) groups is 1. The number of carbonyl (C=O) groups excluding carboxylic acids is 1. The van der Waals surface area contributed by atoms with Crippen molar-refractivity contribution < 1.29 is 9.53 Å². The third kappa shape index (κ3) is 9.16. The van der Waals surface area contributed by atoms with E-state index in [0.29, 0.717) is 12.0 Å². The van der Waals surface area contributed by atoms with Crippen LogP contribution in [0.4, 0.5) is 4.79 Å². The molecule has 176 valence electrons. The number of hydrogen-bond donors (Lipinski definition) is 1. The minimum Gasteiger partial charge on any atom is -0.444 e. The van der Waals surface area contributed by atoms with Crippen molar-refractivity contribution in [3.63, 3.8) is 0 Å². The molecule has 1 saturated carbocycles. The van der Waals surface area contributed by atoms with Gasteiger partial charge in [-0.05, 0) is 73.3 Å². The lowest BCUT2D eigenvalue weighted by Crippen LogP contribution is -2.53. The van der Waals surface area contributed by atoms with Gasteiger partial charge < -0.3 is 24.8 Å². The molecule has 1 aliphatic carbocycles. The molecule has 2 rings (SSSR count). The molecular weight excluding hydrogens is 493 g/mol. The minimum atomic E-state index is -0.450. The van der Waals surface area contributed by atoms with Gasteiger partial charge in [-0.15, -0.1) is 24.0 Å². The average molecular weight is 538 g/mol. The van der Waals surface area contributed by atoms with Crippen molar-refractivity contribution in [2.45, 2.75) is 78.0 Å². The number of nitrogens with one attached hydrogen (secondary N) is 1. The van der Waals surface area contributed by atoms with E-state index in [1.54, 1.807) is 0 Å². The van der Waals surface area contributed by atoms with Crippen LogP contribution in [0, 0.1) is 5.92 Å². The Labute approximate surface area is 201 Å². The van der Waals surface area contributed by atoms with Crippen molar-refractivity contribution in [2.75, 3.05) is 46.8 Å². The largest absolute Gasteiger partial charge is 0.444 e. The summed E-state index contributed by atoms with van der Waals surface area (Å²) in [6, 6.07) is 0.798. The lowest BCUT2D eigenvalue weighted by molar-refractivity contribution is 0.00928. The first-order valence-corrected chi connectivity index (χ1v) is 11.3. The average Bonchev–Trinajstić information content (AvgIpc) is 3.46. The molecule has 2 fully saturated rings. The lowest BCUT2D eigenvalue weighted by Gasteiger charge is -2.40. The molecule has 1 aliphatic heterocycles. The molecule has 1 heterocycles. The zero-order valence-corrected chi connectivity index (χ0v) is 22.4. The molecular formula is C22H44IN5O2. The topological polar surface area (TPSA) is 60.4 Å². The molecule has 0 bridgehead atoms. The van der Waals surface area contributed by atoms with E-state index in [-0.39, 0.29) is 36.1 Å². The normalized spacial score (nSPS) is 18.4. The highest BCUT2D eigenvalue weighted by Gasteiger charge is 2.35. The van der Waals surface area contributed by atoms with E-state index in [0.717, 1.165) is 51.5 Å². The van der Waals surface area contributed by atoms with Crippen molar-refractivity contribution >= 4 is 36.0 Å². The highest BCUT2D eigenvalue weighted by Crippen LogP contribution is 2.32. The molecule has 0 unspecified atom stereocenters. The summed E-state index contributed by atoms with van der Waals surface area (Å²) >= 11 is 0. The number of halogens is 1. The van der Waals surface area contributed by atoms with E-state index < -0.39 is 5.60 Å². The molecule has 0 atom stereocenters. The number of likely N-dealkylation sites (N-methyl/N-ethyl adjacent to an activating group) is 1. The van der Waals surface area contributed by atoms with Crippen LogP contribution < -0.4 is 5.32 Å². The molecule has 0 spiro atoms. The first-order valence-electron chi connectivity index (χ1n) is 11.3. The quantitative estimate of drug-likeness (QED) is 0.306. The smallest absolute Gasteiger partial charge is 0.410 e. The van der Waals surface area contributed by atoms with Gasteiger partial charge in [0, 0.05) is 51.9 Å². The second-order valence-corrected chi connectivity index (χ2v) is 9.84. The molecule has 0 radical (unpaired) electrons. The maximum Gasteiger partial charge on any atom is 0.410 e. The van der Waals surface area contributed by atoms with Crippen LogP contribution in [0.15, 0.2) is 4.99 Å². The van der Waals surface area contributed by atoms with E-state index in [4.69, 9.17) is 4.74 Å². The number of carbonyl (C=O) groups is 1. The second-order valence-electron chi connectivity index (χ2n) is 9.84. The van der Waals surface area contributed by atoms with Crippen LogP contribution in [0.5, 0.6) is 0 Å². The minimum absolute atomic E-state index is 0. The van der Waals surface area contributed by atoms with Crippen LogP contribution in [0.3, 0.4) is 0 Å². The number of hydrogen-bond acceptors (Lipinski definition) is 4. The van der Waals surface area contributed by atoms with Gasteiger partial charge in [0.15, 0.2) is 5.96 Å². The molecule has 0 aromatic rings. The van der Waals surface area contributed by atoms with Crippen LogP contribution in [0.25, 0.3) is 0 Å². The predicted molar refractivity (Wildman–Crippen MR) is 135 cm³/mol. The standard InChI is InChI=1S/C22H43N5O2.HI/c1-17(2)25(7)15-12-24-20(23-6)26-13-10-19(11-14-26)27(16-18-8-9-18)21(28)29-22(3,4)5;/h17-19H,8-16H2,1-7H3,(H,23,24);1H. The summed E-state index contributed by atoms with van der Waals surface area (Å²) in [5.41, 5.74) is -0.450. The molecule has 1 saturated heterocycles. The van der Waals surface area contributed by atoms with E-state index in [9.17, 15) is 4.79 Å². The Kier molecular flexibility index (Phi) is 11.2. The number of ether oxygens (including phenoxy) is 1. The Hall–Kier alpha value is -0.770. The third-order valence-electron chi connectivity index (χ3n) is 5.83. The predicted octanol–water partition coefficient (Wildman–Crippen LogP) is 3.63. The van der Waals surface area contributed by atoms with Gasteiger partial charge in [0.2, 0.25) is 0 Å². The van der Waals surface area contributed by atoms with E-state index >= 15 is 0 Å². The van der Waals surface area contributed by atoms with Crippen molar-refractivity contribution in [3.8, 4) is 0 Å². The van der Waals surface area contributed by atoms with Crippen LogP contribution >= 0.6 is 24.0 Å². The highest BCUT2D eigenvalue weighted by molar-refractivity contribution is 14.0. The Morgan fingerprint density at radius 3 is 2.27 bits per heavy atom. The van der Waals surface area contributed by atoms with Crippen molar-refractivity contribution in [1.82, 2.24) is 20.0 Å². The number of rotatable bonds is 7. The molecule has 0 aromatic heterocycles. The Balaban J connectivity index is 0.00000450. The van der Waals surface area contributed by atoms with E-state index in [1.165, 1.54) is 12.8 Å². The second kappa shape index (κ2) is 12.3. The summed E-state index contributed by atoms with van der Waals surface area (Å²) in [4.78, 5) is 23.9. The van der Waals surface area contributed by atoms with Crippen LogP contribution in [0.2, 0.25) is 0 Å². The van der Waals surface area contributed by atoms with E-state index in [1.807, 2.05) is 32.7 Å². The summed E-state index contributed by atoms with van der Waals surface area (Å²) in [5.74, 6) is 1.62. The molecule has 1 N–H and O–H groups in total. The number of likely N-dealkylation sites (tertiary alicyclic amines) is 1. The Bertz CT molecular complexity index is 552. The molecule has 8 heteroatoms. The van der Waals surface area contributed by atoms with Gasteiger partial charge >= 0.3 is 6.09 Å². The van der Waals surface area contributed by atoms with Crippen molar-refractivity contribution in [2.24, 2.45) is 10.9 Å². The van der Waals surface area contributed by atoms with Gasteiger partial charge in [0.25, 0.3) is 0 Å². The number of amides is 1. The molecule has 0 aromatic carbocycles. The maximum absolute atomic E-state index is 12.8. The van der Waals surface area contributed by atoms with Gasteiger partial charge in [0.05, 0.1) is 0 Å². The highest BCUT2D eigenvalue weighted by atomic mass is 127. The zero-order chi connectivity index (χ0) is 21.6. The van der Waals surface area contributed by atoms with Gasteiger partial charge in [-0.3, -0.25) is 4.99 Å². The number of guanidine groups is 1. The van der Waals surface area contributed by atoms with Crippen molar-refractivity contribution in [1.29, 1.82) is 0 Å². The van der Waals surface area contributed by atoms with Crippen LogP contribution in [0.1, 0.15) is 60.3 Å². The first kappa shape index (κ1) is 27.3. The van der Waals surface area contributed by atoms with Gasteiger partial charge in [-0.25, -0.2) is 4.79 Å². The summed E-state index contributed by atoms with van der Waals surface area (Å²) in [5, 5.41) is 3.49. The SMILES string of the molecule is CN=C(NCCN(C)C(C)C)N1CCC(N(CC2CC2)C(=O)OC(C)(C)C)CC1.I. The number of piperidine rings is 1. The fraction of sp³-hybridized carbons (Fsp3) is 0.909. The summed E-state index contributed by atoms with van der Waals surface area (Å²) in [6.07, 6.45) is 4.23. The molecule has 1 amide bonds. The zero-order valence-electron chi connectivity index (χ0n) is 20.1. The first-order chi connectivity index (χ1) is 13.6. The summed E-state index contributed by atoms with van der Waals surface area (Å²) in [6.45, 7) is 14.8. The molecule has 7 nitrogen and oxygen atoms in total. The fourth-order valence-corrected chi connectivity index (χ4v) is 3.60. The van der Waals surface area contributed by atoms with Crippen molar-refractivity contribution in [3.05, 3.63) is 0 Å². The maximum atomic E-state index is 12.8. The summed E-state index contributed by atoms with van der Waals surface area (Å²) in [7, 11) is 3.99. The van der Waals surface area contributed by atoms with Crippen LogP contribution in [-0.4, -0.2) is 91.3 Å². The Morgan fingerprint density at radius 2 is 1.80 bits per heavy atom. The molecule has 30 heavy (non-hydrogen) atoms. The lowest BCUT2D eigenvalue weighted by atomic mass is 10.0. The number of nitrogens with zero attached hydrogens (tertiary/aromatic N) is 4. The van der Waals surface area contributed by atoms with Gasteiger partial charge in [-0.2, -0.15) is 0 Å². The van der Waals surface area contributed by atoms with E-state index in [2.05, 4.69) is 41.0 Å².